The van der Waals surface area contributed by atoms with Gasteiger partial charge >= 0.3 is 0 Å². The molecule has 1 N–H and O–H groups in total. The van der Waals surface area contributed by atoms with Gasteiger partial charge in [-0.25, -0.2) is 9.97 Å². The van der Waals surface area contributed by atoms with Crippen molar-refractivity contribution in [1.82, 2.24) is 25.4 Å². The van der Waals surface area contributed by atoms with Gasteiger partial charge in [-0.3, -0.25) is 5.10 Å². The largest absolute Gasteiger partial charge is 0.494 e. The van der Waals surface area contributed by atoms with Crippen molar-refractivity contribution in [3.8, 4) is 17.0 Å². The van der Waals surface area contributed by atoms with Crippen molar-refractivity contribution >= 4 is 17.5 Å². The number of aromatic amines is 1. The second-order valence-electron chi connectivity index (χ2n) is 8.22. The molecule has 0 bridgehead atoms. The standard InChI is InChI=1S/C22H25ClN6O/c23-18-12-24-22(25-13-18)29-8-5-15(6-9-29)20-11-17(20)7-10-30-19-3-1-16(2-4-19)21-14-26-28-27-21/h1-4,12-15,17,20H,5-11H2,(H,26,27,28)/t17-,20-/m0/s1. The second-order valence-corrected chi connectivity index (χ2v) is 8.65. The maximum atomic E-state index is 5.97. The molecule has 156 valence electrons. The fourth-order valence-electron chi connectivity index (χ4n) is 4.57. The number of halogens is 1. The SMILES string of the molecule is Clc1cnc(N2CCC([C@@H]3C[C@@H]3CCOc3ccc(-c4cnn[nH]4)cc3)CC2)nc1. The molecule has 5 rings (SSSR count). The Hall–Kier alpha value is -2.67. The normalized spacial score (nSPS) is 21.6. The monoisotopic (exact) mass is 424 g/mol. The van der Waals surface area contributed by atoms with Crippen LogP contribution in [0, 0.1) is 17.8 Å². The maximum Gasteiger partial charge on any atom is 0.225 e. The molecular formula is C22H25ClN6O. The van der Waals surface area contributed by atoms with Gasteiger partial charge in [-0.15, -0.1) is 5.10 Å². The highest BCUT2D eigenvalue weighted by atomic mass is 35.5. The number of piperidine rings is 1. The third-order valence-corrected chi connectivity index (χ3v) is 6.54. The number of aromatic nitrogens is 5. The minimum Gasteiger partial charge on any atom is -0.494 e. The van der Waals surface area contributed by atoms with E-state index >= 15 is 0 Å². The highest BCUT2D eigenvalue weighted by molar-refractivity contribution is 6.30. The van der Waals surface area contributed by atoms with Crippen LogP contribution in [0.4, 0.5) is 5.95 Å². The average Bonchev–Trinajstić information content (AvgIpc) is 3.34. The van der Waals surface area contributed by atoms with Crippen LogP contribution in [0.5, 0.6) is 5.75 Å². The van der Waals surface area contributed by atoms with Gasteiger partial charge in [0.05, 0.1) is 35.9 Å². The third-order valence-electron chi connectivity index (χ3n) is 6.35. The fourth-order valence-corrected chi connectivity index (χ4v) is 4.67. The zero-order valence-electron chi connectivity index (χ0n) is 16.7. The minimum absolute atomic E-state index is 0.586. The van der Waals surface area contributed by atoms with Crippen LogP contribution in [0.1, 0.15) is 25.7 Å². The Kier molecular flexibility index (Phi) is 5.53. The number of benzene rings is 1. The van der Waals surface area contributed by atoms with Crippen LogP contribution in [-0.4, -0.2) is 45.1 Å². The van der Waals surface area contributed by atoms with Gasteiger partial charge in [-0.2, -0.15) is 0 Å². The average molecular weight is 425 g/mol. The van der Waals surface area contributed by atoms with E-state index in [1.807, 2.05) is 24.3 Å². The molecule has 3 aromatic rings. The molecule has 3 heterocycles. The predicted molar refractivity (Wildman–Crippen MR) is 116 cm³/mol. The van der Waals surface area contributed by atoms with Gasteiger partial charge in [0, 0.05) is 18.7 Å². The van der Waals surface area contributed by atoms with Gasteiger partial charge < -0.3 is 9.64 Å². The molecular weight excluding hydrogens is 400 g/mol. The Balaban J connectivity index is 1.03. The van der Waals surface area contributed by atoms with Crippen LogP contribution in [0.25, 0.3) is 11.3 Å². The third kappa shape index (κ3) is 4.41. The molecule has 1 aromatic carbocycles. The van der Waals surface area contributed by atoms with Gasteiger partial charge in [-0.1, -0.05) is 16.8 Å². The van der Waals surface area contributed by atoms with E-state index in [9.17, 15) is 0 Å². The van der Waals surface area contributed by atoms with Crippen molar-refractivity contribution < 1.29 is 4.74 Å². The molecule has 30 heavy (non-hydrogen) atoms. The molecule has 0 amide bonds. The quantitative estimate of drug-likeness (QED) is 0.611. The molecule has 1 saturated carbocycles. The summed E-state index contributed by atoms with van der Waals surface area (Å²) in [5, 5.41) is 11.0. The number of nitrogens with zero attached hydrogens (tertiary/aromatic N) is 5. The topological polar surface area (TPSA) is 79.8 Å². The molecule has 0 radical (unpaired) electrons. The van der Waals surface area contributed by atoms with Gasteiger partial charge in [-0.05, 0) is 67.7 Å². The summed E-state index contributed by atoms with van der Waals surface area (Å²) in [6, 6.07) is 8.08. The van der Waals surface area contributed by atoms with Gasteiger partial charge in [0.1, 0.15) is 5.75 Å². The molecule has 0 spiro atoms. The van der Waals surface area contributed by atoms with E-state index in [2.05, 4.69) is 30.3 Å². The lowest BCUT2D eigenvalue weighted by atomic mass is 9.90. The molecule has 1 aliphatic carbocycles. The zero-order chi connectivity index (χ0) is 20.3. The van der Waals surface area contributed by atoms with Crippen LogP contribution in [-0.2, 0) is 0 Å². The summed E-state index contributed by atoms with van der Waals surface area (Å²) in [6.45, 7) is 2.85. The zero-order valence-corrected chi connectivity index (χ0v) is 17.5. The van der Waals surface area contributed by atoms with E-state index in [1.54, 1.807) is 18.6 Å². The van der Waals surface area contributed by atoms with Crippen molar-refractivity contribution in [3.05, 3.63) is 47.9 Å². The van der Waals surface area contributed by atoms with Crippen LogP contribution < -0.4 is 9.64 Å². The van der Waals surface area contributed by atoms with Crippen molar-refractivity contribution in [2.75, 3.05) is 24.6 Å². The fraction of sp³-hybridized carbons (Fsp3) is 0.455. The van der Waals surface area contributed by atoms with E-state index in [-0.39, 0.29) is 0 Å². The first-order chi connectivity index (χ1) is 14.8. The number of nitrogens with one attached hydrogen (secondary N) is 1. The van der Waals surface area contributed by atoms with E-state index in [0.29, 0.717) is 5.02 Å². The van der Waals surface area contributed by atoms with Gasteiger partial charge in [0.2, 0.25) is 5.95 Å². The molecule has 1 aliphatic heterocycles. The summed E-state index contributed by atoms with van der Waals surface area (Å²) in [5.41, 5.74) is 1.97. The highest BCUT2D eigenvalue weighted by Gasteiger charge is 2.43. The number of hydrogen-bond donors (Lipinski definition) is 1. The summed E-state index contributed by atoms with van der Waals surface area (Å²) in [4.78, 5) is 11.0. The highest BCUT2D eigenvalue weighted by Crippen LogP contribution is 2.49. The Labute approximate surface area is 180 Å². The first-order valence-corrected chi connectivity index (χ1v) is 11.0. The molecule has 2 atom stereocenters. The number of hydrogen-bond acceptors (Lipinski definition) is 6. The Morgan fingerprint density at radius 1 is 1.07 bits per heavy atom. The molecule has 2 fully saturated rings. The second kappa shape index (κ2) is 8.60. The Morgan fingerprint density at radius 2 is 1.83 bits per heavy atom. The smallest absolute Gasteiger partial charge is 0.225 e. The number of ether oxygens (including phenoxy) is 1. The summed E-state index contributed by atoms with van der Waals surface area (Å²) >= 11 is 5.89. The van der Waals surface area contributed by atoms with E-state index in [0.717, 1.165) is 66.8 Å². The van der Waals surface area contributed by atoms with Crippen molar-refractivity contribution in [3.63, 3.8) is 0 Å². The summed E-state index contributed by atoms with van der Waals surface area (Å²) in [5.74, 6) is 4.20. The summed E-state index contributed by atoms with van der Waals surface area (Å²) in [7, 11) is 0. The lowest BCUT2D eigenvalue weighted by molar-refractivity contribution is 0.284. The number of rotatable bonds is 7. The predicted octanol–water partition coefficient (Wildman–Crippen LogP) is 4.24. The maximum absolute atomic E-state index is 5.97. The summed E-state index contributed by atoms with van der Waals surface area (Å²) < 4.78 is 5.97. The molecule has 8 heteroatoms. The van der Waals surface area contributed by atoms with Gasteiger partial charge in [0.15, 0.2) is 0 Å². The molecule has 7 nitrogen and oxygen atoms in total. The van der Waals surface area contributed by atoms with Crippen LogP contribution in [0.2, 0.25) is 5.02 Å². The molecule has 2 aromatic heterocycles. The van der Waals surface area contributed by atoms with E-state index < -0.39 is 0 Å². The Bertz CT molecular complexity index is 939. The van der Waals surface area contributed by atoms with Crippen LogP contribution in [0.3, 0.4) is 0 Å². The van der Waals surface area contributed by atoms with Gasteiger partial charge in [0.25, 0.3) is 0 Å². The molecule has 0 unspecified atom stereocenters. The van der Waals surface area contributed by atoms with Crippen LogP contribution in [0.15, 0.2) is 42.9 Å². The lowest BCUT2D eigenvalue weighted by Gasteiger charge is -2.32. The summed E-state index contributed by atoms with van der Waals surface area (Å²) in [6.07, 6.45) is 9.99. The van der Waals surface area contributed by atoms with Crippen molar-refractivity contribution in [2.45, 2.75) is 25.7 Å². The first kappa shape index (κ1) is 19.3. The molecule has 1 saturated heterocycles. The Morgan fingerprint density at radius 3 is 2.53 bits per heavy atom. The van der Waals surface area contributed by atoms with E-state index in [4.69, 9.17) is 16.3 Å². The van der Waals surface area contributed by atoms with Crippen LogP contribution >= 0.6 is 11.6 Å². The molecule has 2 aliphatic rings. The minimum atomic E-state index is 0.586. The first-order valence-electron chi connectivity index (χ1n) is 10.6. The van der Waals surface area contributed by atoms with E-state index in [1.165, 1.54) is 19.3 Å². The lowest BCUT2D eigenvalue weighted by Crippen LogP contribution is -2.35. The number of H-pyrrole nitrogens is 1. The van der Waals surface area contributed by atoms with Crippen molar-refractivity contribution in [1.29, 1.82) is 0 Å². The van der Waals surface area contributed by atoms with Crippen molar-refractivity contribution in [2.24, 2.45) is 17.8 Å². The number of anilines is 1.